The summed E-state index contributed by atoms with van der Waals surface area (Å²) in [6.45, 7) is 0.573. The number of hydrogen-bond acceptors (Lipinski definition) is 7. The van der Waals surface area contributed by atoms with E-state index < -0.39 is 23.9 Å². The molecule has 2 heterocycles. The van der Waals surface area contributed by atoms with Crippen LogP contribution in [0.2, 0.25) is 0 Å². The summed E-state index contributed by atoms with van der Waals surface area (Å²) in [7, 11) is 0. The minimum atomic E-state index is -1.28. The molecule has 34 heavy (non-hydrogen) atoms. The van der Waals surface area contributed by atoms with Gasteiger partial charge in [-0.3, -0.25) is 9.59 Å². The van der Waals surface area contributed by atoms with Crippen LogP contribution < -0.4 is 16.8 Å². The van der Waals surface area contributed by atoms with Crippen molar-refractivity contribution in [2.45, 2.75) is 38.3 Å². The van der Waals surface area contributed by atoms with Crippen LogP contribution in [0.4, 0.5) is 11.8 Å². The molecule has 0 unspecified atom stereocenters. The number of nitrogens with zero attached hydrogens (tertiary/aromatic N) is 3. The zero-order chi connectivity index (χ0) is 24.4. The van der Waals surface area contributed by atoms with Crippen molar-refractivity contribution in [2.75, 3.05) is 11.5 Å². The molecule has 0 spiro atoms. The van der Waals surface area contributed by atoms with Crippen molar-refractivity contribution in [3.8, 4) is 0 Å². The van der Waals surface area contributed by atoms with Gasteiger partial charge in [-0.15, -0.1) is 0 Å². The summed E-state index contributed by atoms with van der Waals surface area (Å²) >= 11 is 0. The number of rotatable bonds is 8. The number of carbonyl (C=O) groups excluding carboxylic acids is 1. The first kappa shape index (κ1) is 22.8. The van der Waals surface area contributed by atoms with Crippen molar-refractivity contribution < 1.29 is 24.6 Å². The van der Waals surface area contributed by atoms with Gasteiger partial charge in [0, 0.05) is 41.2 Å². The van der Waals surface area contributed by atoms with E-state index in [1.165, 1.54) is 0 Å². The first-order valence-corrected chi connectivity index (χ1v) is 10.7. The largest absolute Gasteiger partial charge is 0.481 e. The Morgan fingerprint density at radius 2 is 1.94 bits per heavy atom. The predicted molar refractivity (Wildman–Crippen MR) is 125 cm³/mol. The van der Waals surface area contributed by atoms with E-state index in [-0.39, 0.29) is 24.4 Å². The van der Waals surface area contributed by atoms with E-state index in [9.17, 15) is 19.5 Å². The Kier molecular flexibility index (Phi) is 6.17. The van der Waals surface area contributed by atoms with Gasteiger partial charge in [0.15, 0.2) is 0 Å². The maximum absolute atomic E-state index is 12.6. The zero-order valence-corrected chi connectivity index (χ0v) is 18.2. The molecule has 1 amide bonds. The van der Waals surface area contributed by atoms with Gasteiger partial charge in [-0.2, -0.15) is 4.98 Å². The molecule has 176 valence electrons. The molecule has 0 radical (unpaired) electrons. The summed E-state index contributed by atoms with van der Waals surface area (Å²) in [4.78, 5) is 43.0. The number of nitrogen functional groups attached to an aromatic ring is 2. The maximum atomic E-state index is 12.6. The van der Waals surface area contributed by atoms with E-state index in [1.54, 1.807) is 18.2 Å². The normalized spacial score (nSPS) is 14.8. The lowest BCUT2D eigenvalue weighted by atomic mass is 10.1. The average molecular weight is 464 g/mol. The highest BCUT2D eigenvalue weighted by Crippen LogP contribution is 2.35. The minimum absolute atomic E-state index is 0.172. The van der Waals surface area contributed by atoms with Crippen LogP contribution in [0.3, 0.4) is 0 Å². The first-order valence-electron chi connectivity index (χ1n) is 10.7. The molecule has 11 nitrogen and oxygen atoms in total. The Morgan fingerprint density at radius 1 is 1.15 bits per heavy atom. The second kappa shape index (κ2) is 9.22. The number of nitrogens with one attached hydrogen (secondary N) is 1. The third-order valence-electron chi connectivity index (χ3n) is 5.80. The van der Waals surface area contributed by atoms with Crippen LogP contribution in [0.1, 0.15) is 40.9 Å². The lowest BCUT2D eigenvalue weighted by Gasteiger charge is -2.13. The number of anilines is 2. The topological polar surface area (TPSA) is 186 Å². The number of carbonyl (C=O) groups is 3. The fourth-order valence-electron chi connectivity index (χ4n) is 4.14. The molecule has 11 heteroatoms. The van der Waals surface area contributed by atoms with Gasteiger partial charge in [0.25, 0.3) is 5.91 Å². The molecule has 2 aromatic heterocycles. The van der Waals surface area contributed by atoms with Crippen LogP contribution >= 0.6 is 0 Å². The summed E-state index contributed by atoms with van der Waals surface area (Å²) in [5.74, 6) is -2.43. The van der Waals surface area contributed by atoms with Crippen molar-refractivity contribution in [1.29, 1.82) is 0 Å². The summed E-state index contributed by atoms with van der Waals surface area (Å²) in [6, 6.07) is 5.65. The van der Waals surface area contributed by atoms with Crippen molar-refractivity contribution in [1.82, 2.24) is 19.9 Å². The van der Waals surface area contributed by atoms with Crippen molar-refractivity contribution in [2.24, 2.45) is 0 Å². The van der Waals surface area contributed by atoms with E-state index in [0.717, 1.165) is 40.6 Å². The highest BCUT2D eigenvalue weighted by atomic mass is 16.4. The number of carboxylic acids is 2. The Hall–Kier alpha value is -4.41. The molecule has 1 aromatic carbocycles. The first-order chi connectivity index (χ1) is 16.2. The van der Waals surface area contributed by atoms with Crippen LogP contribution in [0.25, 0.3) is 16.5 Å². The minimum Gasteiger partial charge on any atom is -0.481 e. The Labute approximate surface area is 194 Å². The number of allylic oxidation sites excluding steroid dienone is 2. The fourth-order valence-corrected chi connectivity index (χ4v) is 4.14. The third kappa shape index (κ3) is 4.68. The molecule has 0 bridgehead atoms. The van der Waals surface area contributed by atoms with E-state index in [4.69, 9.17) is 16.6 Å². The number of aromatic nitrogens is 3. The third-order valence-corrected chi connectivity index (χ3v) is 5.80. The molecule has 1 atom stereocenters. The van der Waals surface area contributed by atoms with Crippen molar-refractivity contribution in [3.05, 3.63) is 53.4 Å². The van der Waals surface area contributed by atoms with Gasteiger partial charge in [0.05, 0.1) is 5.69 Å². The van der Waals surface area contributed by atoms with Gasteiger partial charge in [-0.05, 0) is 49.1 Å². The van der Waals surface area contributed by atoms with Gasteiger partial charge in [0.2, 0.25) is 5.95 Å². The summed E-state index contributed by atoms with van der Waals surface area (Å²) < 4.78 is 2.02. The second-order valence-electron chi connectivity index (χ2n) is 8.06. The van der Waals surface area contributed by atoms with E-state index >= 15 is 0 Å². The van der Waals surface area contributed by atoms with Crippen LogP contribution in [0.15, 0.2) is 36.5 Å². The monoisotopic (exact) mass is 464 g/mol. The van der Waals surface area contributed by atoms with Gasteiger partial charge in [-0.1, -0.05) is 6.08 Å². The highest BCUT2D eigenvalue weighted by molar-refractivity contribution is 6.00. The summed E-state index contributed by atoms with van der Waals surface area (Å²) in [5, 5.41) is 21.2. The molecule has 7 N–H and O–H groups in total. The summed E-state index contributed by atoms with van der Waals surface area (Å²) in [5.41, 5.74) is 15.7. The molecule has 0 aliphatic heterocycles. The second-order valence-corrected chi connectivity index (χ2v) is 8.06. The maximum Gasteiger partial charge on any atom is 0.326 e. The zero-order valence-electron chi connectivity index (χ0n) is 18.2. The van der Waals surface area contributed by atoms with Crippen molar-refractivity contribution in [3.63, 3.8) is 0 Å². The molecule has 1 aliphatic carbocycles. The molecule has 0 saturated carbocycles. The number of fused-ring (bicyclic) bond motifs is 2. The molecule has 3 aromatic rings. The highest BCUT2D eigenvalue weighted by Gasteiger charge is 2.23. The number of carboxylic acid groups (broad SMARTS) is 2. The molecule has 0 fully saturated rings. The molecular weight excluding hydrogens is 440 g/mol. The van der Waals surface area contributed by atoms with E-state index in [2.05, 4.69) is 21.4 Å². The van der Waals surface area contributed by atoms with Crippen LogP contribution in [0.5, 0.6) is 0 Å². The van der Waals surface area contributed by atoms with Crippen LogP contribution in [0, 0.1) is 0 Å². The number of aliphatic carboxylic acids is 2. The van der Waals surface area contributed by atoms with Gasteiger partial charge >= 0.3 is 11.9 Å². The van der Waals surface area contributed by atoms with Gasteiger partial charge < -0.3 is 31.6 Å². The lowest BCUT2D eigenvalue weighted by Crippen LogP contribution is -2.41. The number of aryl methyl sites for hydroxylation is 1. The van der Waals surface area contributed by atoms with E-state index in [0.29, 0.717) is 12.4 Å². The predicted octanol–water partition coefficient (Wildman–Crippen LogP) is 1.67. The van der Waals surface area contributed by atoms with Gasteiger partial charge in [0.1, 0.15) is 11.9 Å². The molecule has 1 aliphatic rings. The quantitative estimate of drug-likeness (QED) is 0.330. The number of benzene rings is 1. The SMILES string of the molecule is Nc1nc(N)c2c(n1)CCC2=CCn1ccc2cc(C(=O)N[C@@H](CCC(=O)O)C(=O)O)ccc21. The Bertz CT molecular complexity index is 1330. The number of hydrogen-bond donors (Lipinski definition) is 5. The molecular formula is C23H24N6O5. The molecule has 0 saturated heterocycles. The average Bonchev–Trinajstić information content (AvgIpc) is 3.38. The fraction of sp³-hybridized carbons (Fsp3) is 0.261. The molecule has 4 rings (SSSR count). The lowest BCUT2D eigenvalue weighted by molar-refractivity contribution is -0.140. The van der Waals surface area contributed by atoms with Gasteiger partial charge in [-0.25, -0.2) is 9.78 Å². The van der Waals surface area contributed by atoms with Crippen molar-refractivity contribution >= 4 is 46.1 Å². The number of nitrogens with two attached hydrogens (primary N) is 2. The van der Waals surface area contributed by atoms with Crippen LogP contribution in [-0.2, 0) is 22.6 Å². The number of amides is 1. The standard InChI is InChI=1S/C23H24N6O5/c24-20-19-12(1-3-15(19)27-23(25)28-20)7-9-29-10-8-13-11-14(2-5-17(13)29)21(32)26-16(22(33)34)4-6-18(30)31/h2,5,7-8,10-11,16H,1,3-4,6,9H2,(H,26,32)(H,30,31)(H,33,34)(H4,24,25,27,28)/t16-/m0/s1. The Morgan fingerprint density at radius 3 is 2.68 bits per heavy atom. The Balaban J connectivity index is 1.50. The summed E-state index contributed by atoms with van der Waals surface area (Å²) in [6.07, 6.45) is 4.97. The smallest absolute Gasteiger partial charge is 0.326 e. The van der Waals surface area contributed by atoms with Crippen LogP contribution in [-0.4, -0.2) is 48.6 Å². The van der Waals surface area contributed by atoms with E-state index in [1.807, 2.05) is 16.8 Å².